The lowest BCUT2D eigenvalue weighted by atomic mass is 9.94. The Morgan fingerprint density at radius 1 is 1.33 bits per heavy atom. The van der Waals surface area contributed by atoms with E-state index in [9.17, 15) is 15.0 Å². The molecule has 0 saturated heterocycles. The molecule has 2 unspecified atom stereocenters. The van der Waals surface area contributed by atoms with E-state index in [4.69, 9.17) is 5.11 Å². The molecule has 5 nitrogen and oxygen atoms in total. The number of benzene rings is 1. The van der Waals surface area contributed by atoms with E-state index in [0.29, 0.717) is 5.56 Å². The summed E-state index contributed by atoms with van der Waals surface area (Å²) in [5.41, 5.74) is 2.89. The maximum atomic E-state index is 10.5. The van der Waals surface area contributed by atoms with Crippen molar-refractivity contribution in [1.82, 2.24) is 5.32 Å². The van der Waals surface area contributed by atoms with Gasteiger partial charge in [0, 0.05) is 6.54 Å². The molecule has 5 heteroatoms. The largest absolute Gasteiger partial charge is 0.481 e. The molecule has 1 aliphatic heterocycles. The third-order valence-electron chi connectivity index (χ3n) is 3.21. The Bertz CT molecular complexity index is 447. The van der Waals surface area contributed by atoms with Crippen molar-refractivity contribution in [2.45, 2.75) is 31.6 Å². The van der Waals surface area contributed by atoms with E-state index in [2.05, 4.69) is 5.32 Å². The Labute approximate surface area is 105 Å². The molecule has 0 aliphatic carbocycles. The first-order valence-electron chi connectivity index (χ1n) is 5.98. The Morgan fingerprint density at radius 2 is 2.11 bits per heavy atom. The summed E-state index contributed by atoms with van der Waals surface area (Å²) in [6, 6.07) is 5.51. The Morgan fingerprint density at radius 3 is 2.83 bits per heavy atom. The van der Waals surface area contributed by atoms with Crippen LogP contribution >= 0.6 is 0 Å². The zero-order valence-corrected chi connectivity index (χ0v) is 9.97. The minimum absolute atomic E-state index is 0.462. The van der Waals surface area contributed by atoms with E-state index < -0.39 is 24.6 Å². The summed E-state index contributed by atoms with van der Waals surface area (Å²) in [5.74, 6) is -1.12. The molecular weight excluding hydrogens is 234 g/mol. The highest BCUT2D eigenvalue weighted by atomic mass is 16.4. The SMILES string of the molecule is O=C(O)CC(O)C(O)c1ccc2c(c1)CNCC2. The topological polar surface area (TPSA) is 89.8 Å². The standard InChI is InChI=1S/C13H17NO4/c15-11(6-12(16)17)13(18)9-2-1-8-3-4-14-7-10(8)5-9/h1-2,5,11,13-15,18H,3-4,6-7H2,(H,16,17). The summed E-state index contributed by atoms with van der Waals surface area (Å²) in [7, 11) is 0. The van der Waals surface area contributed by atoms with Gasteiger partial charge in [-0.25, -0.2) is 0 Å². The molecule has 0 radical (unpaired) electrons. The van der Waals surface area contributed by atoms with Crippen LogP contribution in [0.1, 0.15) is 29.2 Å². The Balaban J connectivity index is 2.15. The number of hydrogen-bond donors (Lipinski definition) is 4. The van der Waals surface area contributed by atoms with Gasteiger partial charge in [-0.3, -0.25) is 4.79 Å². The van der Waals surface area contributed by atoms with E-state index in [-0.39, 0.29) is 0 Å². The predicted octanol–water partition coefficient (Wildman–Crippen LogP) is 0.201. The first kappa shape index (κ1) is 13.0. The van der Waals surface area contributed by atoms with E-state index in [0.717, 1.165) is 25.1 Å². The van der Waals surface area contributed by atoms with Gasteiger partial charge in [-0.2, -0.15) is 0 Å². The van der Waals surface area contributed by atoms with Gasteiger partial charge in [0.15, 0.2) is 0 Å². The molecule has 4 N–H and O–H groups in total. The molecule has 0 spiro atoms. The van der Waals surface area contributed by atoms with E-state index in [1.54, 1.807) is 6.07 Å². The van der Waals surface area contributed by atoms with Crippen molar-refractivity contribution in [3.05, 3.63) is 34.9 Å². The lowest BCUT2D eigenvalue weighted by Gasteiger charge is -2.21. The van der Waals surface area contributed by atoms with Crippen LogP contribution in [-0.4, -0.2) is 33.9 Å². The van der Waals surface area contributed by atoms with Gasteiger partial charge < -0.3 is 20.6 Å². The van der Waals surface area contributed by atoms with Gasteiger partial charge in [-0.05, 0) is 29.7 Å². The van der Waals surface area contributed by atoms with Crippen LogP contribution in [0.2, 0.25) is 0 Å². The molecule has 2 rings (SSSR count). The van der Waals surface area contributed by atoms with Crippen molar-refractivity contribution < 1.29 is 20.1 Å². The molecule has 0 aromatic heterocycles. The fraction of sp³-hybridized carbons (Fsp3) is 0.462. The first-order chi connectivity index (χ1) is 8.58. The Hall–Kier alpha value is -1.43. The second-order valence-electron chi connectivity index (χ2n) is 4.56. The van der Waals surface area contributed by atoms with Crippen LogP contribution in [0.15, 0.2) is 18.2 Å². The summed E-state index contributed by atoms with van der Waals surface area (Å²) in [6.45, 7) is 1.68. The van der Waals surface area contributed by atoms with Crippen molar-refractivity contribution in [2.75, 3.05) is 6.54 Å². The molecule has 0 fully saturated rings. The number of carboxylic acids is 1. The van der Waals surface area contributed by atoms with Gasteiger partial charge in [0.2, 0.25) is 0 Å². The molecule has 2 atom stereocenters. The summed E-state index contributed by atoms with van der Waals surface area (Å²) < 4.78 is 0. The lowest BCUT2D eigenvalue weighted by molar-refractivity contribution is -0.141. The fourth-order valence-electron chi connectivity index (χ4n) is 2.20. The summed E-state index contributed by atoms with van der Waals surface area (Å²) in [6.07, 6.45) is -1.95. The first-order valence-corrected chi connectivity index (χ1v) is 5.98. The maximum Gasteiger partial charge on any atom is 0.306 e. The van der Waals surface area contributed by atoms with Crippen molar-refractivity contribution in [1.29, 1.82) is 0 Å². The molecule has 0 amide bonds. The zero-order chi connectivity index (χ0) is 13.1. The number of hydrogen-bond acceptors (Lipinski definition) is 4. The molecule has 1 heterocycles. The van der Waals surface area contributed by atoms with E-state index in [1.807, 2.05) is 12.1 Å². The second kappa shape index (κ2) is 5.48. The van der Waals surface area contributed by atoms with Gasteiger partial charge in [-0.15, -0.1) is 0 Å². The highest BCUT2D eigenvalue weighted by Crippen LogP contribution is 2.23. The molecule has 0 bridgehead atoms. The minimum Gasteiger partial charge on any atom is -0.481 e. The molecule has 0 saturated carbocycles. The highest BCUT2D eigenvalue weighted by molar-refractivity contribution is 5.67. The number of aliphatic hydroxyl groups excluding tert-OH is 2. The average molecular weight is 251 g/mol. The van der Waals surface area contributed by atoms with Gasteiger partial charge in [0.05, 0.1) is 12.5 Å². The van der Waals surface area contributed by atoms with Crippen LogP contribution in [0.3, 0.4) is 0 Å². The van der Waals surface area contributed by atoms with E-state index >= 15 is 0 Å². The predicted molar refractivity (Wildman–Crippen MR) is 65.1 cm³/mol. The molecule has 98 valence electrons. The quantitative estimate of drug-likeness (QED) is 0.614. The van der Waals surface area contributed by atoms with Crippen molar-refractivity contribution >= 4 is 5.97 Å². The van der Waals surface area contributed by atoms with Gasteiger partial charge in [-0.1, -0.05) is 18.2 Å². The second-order valence-corrected chi connectivity index (χ2v) is 4.56. The number of aliphatic hydroxyl groups is 2. The Kier molecular flexibility index (Phi) is 3.96. The van der Waals surface area contributed by atoms with Crippen molar-refractivity contribution in [3.8, 4) is 0 Å². The summed E-state index contributed by atoms with van der Waals surface area (Å²) >= 11 is 0. The van der Waals surface area contributed by atoms with Crippen LogP contribution < -0.4 is 5.32 Å². The molecule has 1 aromatic carbocycles. The van der Waals surface area contributed by atoms with Crippen LogP contribution in [0.4, 0.5) is 0 Å². The fourth-order valence-corrected chi connectivity index (χ4v) is 2.20. The molecule has 18 heavy (non-hydrogen) atoms. The monoisotopic (exact) mass is 251 g/mol. The minimum atomic E-state index is -1.28. The lowest BCUT2D eigenvalue weighted by Crippen LogP contribution is -2.25. The smallest absolute Gasteiger partial charge is 0.306 e. The normalized spacial score (nSPS) is 17.9. The molecule has 1 aromatic rings. The maximum absolute atomic E-state index is 10.5. The number of carbonyl (C=O) groups is 1. The van der Waals surface area contributed by atoms with Crippen LogP contribution in [-0.2, 0) is 17.8 Å². The highest BCUT2D eigenvalue weighted by Gasteiger charge is 2.22. The third-order valence-corrected chi connectivity index (χ3v) is 3.21. The van der Waals surface area contributed by atoms with Crippen molar-refractivity contribution in [2.24, 2.45) is 0 Å². The number of carboxylic acid groups (broad SMARTS) is 1. The number of aliphatic carboxylic acids is 1. The van der Waals surface area contributed by atoms with E-state index in [1.165, 1.54) is 5.56 Å². The van der Waals surface area contributed by atoms with Crippen LogP contribution in [0.25, 0.3) is 0 Å². The number of fused-ring (bicyclic) bond motifs is 1. The van der Waals surface area contributed by atoms with Crippen molar-refractivity contribution in [3.63, 3.8) is 0 Å². The number of rotatable bonds is 4. The van der Waals surface area contributed by atoms with Crippen LogP contribution in [0.5, 0.6) is 0 Å². The molecule has 1 aliphatic rings. The third kappa shape index (κ3) is 2.87. The average Bonchev–Trinajstić information content (AvgIpc) is 2.36. The van der Waals surface area contributed by atoms with Crippen LogP contribution in [0, 0.1) is 0 Å². The summed E-state index contributed by atoms with van der Waals surface area (Å²) in [5, 5.41) is 31.3. The summed E-state index contributed by atoms with van der Waals surface area (Å²) in [4.78, 5) is 10.5. The zero-order valence-electron chi connectivity index (χ0n) is 9.97. The van der Waals surface area contributed by atoms with Gasteiger partial charge in [0.1, 0.15) is 6.10 Å². The molecular formula is C13H17NO4. The number of nitrogens with one attached hydrogen (secondary N) is 1. The van der Waals surface area contributed by atoms with Gasteiger partial charge >= 0.3 is 5.97 Å². The van der Waals surface area contributed by atoms with Gasteiger partial charge in [0.25, 0.3) is 0 Å².